The Hall–Kier alpha value is -2.48. The van der Waals surface area contributed by atoms with Crippen molar-refractivity contribution in [2.45, 2.75) is 19.1 Å². The molecule has 1 aliphatic heterocycles. The third-order valence-electron chi connectivity index (χ3n) is 4.33. The Morgan fingerprint density at radius 2 is 2.04 bits per heavy atom. The number of aryl methyl sites for hydroxylation is 1. The van der Waals surface area contributed by atoms with Gasteiger partial charge in [-0.25, -0.2) is 9.78 Å². The van der Waals surface area contributed by atoms with Gasteiger partial charge >= 0.3 is 12.1 Å². The molecule has 0 unspecified atom stereocenters. The van der Waals surface area contributed by atoms with Crippen molar-refractivity contribution in [1.29, 1.82) is 0 Å². The van der Waals surface area contributed by atoms with Crippen LogP contribution < -0.4 is 10.2 Å². The summed E-state index contributed by atoms with van der Waals surface area (Å²) in [5, 5.41) is 3.55. The van der Waals surface area contributed by atoms with E-state index in [1.165, 1.54) is 25.4 Å². The fourth-order valence-electron chi connectivity index (χ4n) is 2.91. The normalized spacial score (nSPS) is 14.7. The molecule has 1 saturated heterocycles. The van der Waals surface area contributed by atoms with Crippen molar-refractivity contribution in [2.75, 3.05) is 30.4 Å². The number of aromatic nitrogens is 1. The number of rotatable bonds is 4. The van der Waals surface area contributed by atoms with Crippen LogP contribution in [-0.2, 0) is 10.9 Å². The molecule has 2 aromatic rings. The van der Waals surface area contributed by atoms with Crippen molar-refractivity contribution in [1.82, 2.24) is 4.98 Å². The fraction of sp³-hybridized carbons (Fsp3) is 0.333. The zero-order chi connectivity index (χ0) is 19.8. The van der Waals surface area contributed by atoms with Crippen molar-refractivity contribution in [2.24, 2.45) is 0 Å². The maximum Gasteiger partial charge on any atom is 0.416 e. The summed E-state index contributed by atoms with van der Waals surface area (Å²) in [5.74, 6) is -0.0663. The van der Waals surface area contributed by atoms with E-state index in [0.29, 0.717) is 35.2 Å². The van der Waals surface area contributed by atoms with Crippen LogP contribution in [0.4, 0.5) is 24.7 Å². The highest BCUT2D eigenvalue weighted by Crippen LogP contribution is 2.33. The van der Waals surface area contributed by atoms with Crippen LogP contribution in [0.2, 0.25) is 5.02 Å². The van der Waals surface area contributed by atoms with Gasteiger partial charge in [0.05, 0.1) is 23.7 Å². The molecule has 0 radical (unpaired) electrons. The molecular formula is C18H17ClF3N3O2. The number of ether oxygens (including phenoxy) is 1. The van der Waals surface area contributed by atoms with Gasteiger partial charge in [-0.15, -0.1) is 0 Å². The first-order valence-corrected chi connectivity index (χ1v) is 8.50. The molecule has 1 aromatic heterocycles. The molecule has 0 saturated carbocycles. The number of halogens is 4. The topological polar surface area (TPSA) is 54.5 Å². The lowest BCUT2D eigenvalue weighted by atomic mass is 10.0. The third-order valence-corrected chi connectivity index (χ3v) is 4.54. The van der Waals surface area contributed by atoms with E-state index in [1.54, 1.807) is 6.92 Å². The van der Waals surface area contributed by atoms with Gasteiger partial charge in [0.25, 0.3) is 0 Å². The number of nitrogens with one attached hydrogen (secondary N) is 1. The summed E-state index contributed by atoms with van der Waals surface area (Å²) in [5.41, 5.74) is 0.760. The Kier molecular flexibility index (Phi) is 5.19. The van der Waals surface area contributed by atoms with Crippen LogP contribution in [0.3, 0.4) is 0 Å². The summed E-state index contributed by atoms with van der Waals surface area (Å²) < 4.78 is 43.0. The van der Waals surface area contributed by atoms with Crippen molar-refractivity contribution in [3.05, 3.63) is 52.2 Å². The summed E-state index contributed by atoms with van der Waals surface area (Å²) >= 11 is 5.90. The van der Waals surface area contributed by atoms with Crippen LogP contribution in [0.1, 0.15) is 21.5 Å². The summed E-state index contributed by atoms with van der Waals surface area (Å²) in [6.45, 7) is 2.71. The Morgan fingerprint density at radius 3 is 2.63 bits per heavy atom. The van der Waals surface area contributed by atoms with Crippen LogP contribution in [-0.4, -0.2) is 37.2 Å². The number of hydrogen-bond acceptors (Lipinski definition) is 5. The zero-order valence-corrected chi connectivity index (χ0v) is 15.4. The van der Waals surface area contributed by atoms with E-state index in [4.69, 9.17) is 16.3 Å². The second-order valence-electron chi connectivity index (χ2n) is 6.29. The van der Waals surface area contributed by atoms with Crippen LogP contribution in [0, 0.1) is 6.92 Å². The summed E-state index contributed by atoms with van der Waals surface area (Å²) in [6, 6.07) is 5.12. The predicted molar refractivity (Wildman–Crippen MR) is 96.4 cm³/mol. The molecule has 0 aliphatic carbocycles. The molecule has 1 N–H and O–H groups in total. The number of pyridine rings is 1. The molecule has 0 bridgehead atoms. The predicted octanol–water partition coefficient (Wildman–Crippen LogP) is 4.15. The molecule has 2 heterocycles. The van der Waals surface area contributed by atoms with Gasteiger partial charge in [-0.2, -0.15) is 13.2 Å². The van der Waals surface area contributed by atoms with E-state index in [2.05, 4.69) is 10.3 Å². The lowest BCUT2D eigenvalue weighted by Crippen LogP contribution is -2.55. The average Bonchev–Trinajstić information content (AvgIpc) is 2.57. The maximum atomic E-state index is 12.8. The number of carbonyl (C=O) groups excluding carboxylic acids is 1. The van der Waals surface area contributed by atoms with Gasteiger partial charge in [0.1, 0.15) is 11.4 Å². The minimum absolute atomic E-state index is 0.0170. The van der Waals surface area contributed by atoms with E-state index >= 15 is 0 Å². The molecule has 5 nitrogen and oxygen atoms in total. The Bertz CT molecular complexity index is 867. The lowest BCUT2D eigenvalue weighted by molar-refractivity contribution is -0.137. The minimum Gasteiger partial charge on any atom is -0.465 e. The number of esters is 1. The molecule has 144 valence electrons. The summed E-state index contributed by atoms with van der Waals surface area (Å²) in [4.78, 5) is 18.0. The smallest absolute Gasteiger partial charge is 0.416 e. The maximum absolute atomic E-state index is 12.8. The summed E-state index contributed by atoms with van der Waals surface area (Å²) in [7, 11) is 1.28. The quantitative estimate of drug-likeness (QED) is 0.783. The number of hydrogen-bond donors (Lipinski definition) is 1. The van der Waals surface area contributed by atoms with Crippen molar-refractivity contribution in [3.8, 4) is 0 Å². The number of benzene rings is 1. The average molecular weight is 400 g/mol. The molecular weight excluding hydrogens is 383 g/mol. The number of alkyl halides is 3. The first-order valence-electron chi connectivity index (χ1n) is 8.12. The number of methoxy groups -OCH3 is 1. The highest BCUT2D eigenvalue weighted by molar-refractivity contribution is 6.30. The van der Waals surface area contributed by atoms with Gasteiger partial charge in [0.15, 0.2) is 0 Å². The van der Waals surface area contributed by atoms with Crippen molar-refractivity contribution >= 4 is 29.1 Å². The van der Waals surface area contributed by atoms with Crippen LogP contribution in [0.25, 0.3) is 0 Å². The second kappa shape index (κ2) is 7.26. The lowest BCUT2D eigenvalue weighted by Gasteiger charge is -2.41. The molecule has 0 amide bonds. The van der Waals surface area contributed by atoms with Crippen LogP contribution in [0.15, 0.2) is 30.5 Å². The van der Waals surface area contributed by atoms with Crippen molar-refractivity contribution in [3.63, 3.8) is 0 Å². The minimum atomic E-state index is -4.36. The van der Waals surface area contributed by atoms with E-state index in [9.17, 15) is 18.0 Å². The molecule has 9 heteroatoms. The first kappa shape index (κ1) is 19.3. The van der Waals surface area contributed by atoms with E-state index in [-0.39, 0.29) is 11.6 Å². The fourth-order valence-corrected chi connectivity index (χ4v) is 3.07. The standard InChI is InChI=1S/C18H17ClF3N3O2/c1-10-5-11(18(20,21)22)3-4-15(10)24-13-8-25(9-13)16-14(17(26)27-2)6-12(19)7-23-16/h3-7,13,24H,8-9H2,1-2H3. The molecule has 1 fully saturated rings. The Morgan fingerprint density at radius 1 is 1.33 bits per heavy atom. The Labute approximate surface area is 159 Å². The molecule has 1 aliphatic rings. The van der Waals surface area contributed by atoms with Gasteiger partial charge in [-0.1, -0.05) is 11.6 Å². The largest absolute Gasteiger partial charge is 0.465 e. The molecule has 27 heavy (non-hydrogen) atoms. The van der Waals surface area contributed by atoms with Crippen LogP contribution >= 0.6 is 11.6 Å². The molecule has 1 aromatic carbocycles. The summed E-state index contributed by atoms with van der Waals surface area (Å²) in [6.07, 6.45) is -2.91. The molecule has 0 spiro atoms. The molecule has 0 atom stereocenters. The Balaban J connectivity index is 1.68. The number of anilines is 2. The number of nitrogens with zero attached hydrogens (tertiary/aromatic N) is 2. The van der Waals surface area contributed by atoms with Gasteiger partial charge in [0.2, 0.25) is 0 Å². The van der Waals surface area contributed by atoms with E-state index < -0.39 is 17.7 Å². The van der Waals surface area contributed by atoms with E-state index in [1.807, 2.05) is 4.90 Å². The molecule has 3 rings (SSSR count). The van der Waals surface area contributed by atoms with Gasteiger partial charge < -0.3 is 15.0 Å². The third kappa shape index (κ3) is 4.10. The number of carbonyl (C=O) groups is 1. The van der Waals surface area contributed by atoms with Gasteiger partial charge in [-0.05, 0) is 36.8 Å². The second-order valence-corrected chi connectivity index (χ2v) is 6.73. The van der Waals surface area contributed by atoms with Gasteiger partial charge in [-0.3, -0.25) is 0 Å². The zero-order valence-electron chi connectivity index (χ0n) is 14.6. The van der Waals surface area contributed by atoms with Crippen LogP contribution in [0.5, 0.6) is 0 Å². The highest BCUT2D eigenvalue weighted by atomic mass is 35.5. The van der Waals surface area contributed by atoms with Gasteiger partial charge in [0, 0.05) is 25.0 Å². The highest BCUT2D eigenvalue weighted by Gasteiger charge is 2.33. The first-order chi connectivity index (χ1) is 12.7. The monoisotopic (exact) mass is 399 g/mol. The van der Waals surface area contributed by atoms with Crippen molar-refractivity contribution < 1.29 is 22.7 Å². The van der Waals surface area contributed by atoms with E-state index in [0.717, 1.165) is 12.1 Å². The SMILES string of the molecule is COC(=O)c1cc(Cl)cnc1N1CC(Nc2ccc(C(F)(F)F)cc2C)C1.